The maximum absolute atomic E-state index is 11.9. The first-order valence-corrected chi connectivity index (χ1v) is 8.04. The predicted octanol–water partition coefficient (Wildman–Crippen LogP) is 1.89. The summed E-state index contributed by atoms with van der Waals surface area (Å²) in [6.45, 7) is 1.66. The summed E-state index contributed by atoms with van der Waals surface area (Å²) in [5.74, 6) is -1.23. The van der Waals surface area contributed by atoms with E-state index < -0.39 is 24.0 Å². The molecule has 0 spiro atoms. The number of amides is 3. The minimum absolute atomic E-state index is 0.0435. The summed E-state index contributed by atoms with van der Waals surface area (Å²) in [5.41, 5.74) is 1.53. The van der Waals surface area contributed by atoms with Crippen LogP contribution in [0.25, 0.3) is 0 Å². The third-order valence-corrected chi connectivity index (χ3v) is 3.49. The van der Waals surface area contributed by atoms with Crippen molar-refractivity contribution in [1.29, 1.82) is 0 Å². The lowest BCUT2D eigenvalue weighted by Crippen LogP contribution is -2.44. The number of hydrogen-bond donors (Lipinski definition) is 3. The standard InChI is InChI=1S/C19H20N2O5/c1-13(26-17(23)11-14-7-9-16(22)10-8-14)18(24)21-19(25)20-12-15-5-3-2-4-6-15/h2-10,13,22H,11-12H2,1H3,(H2,20,21,24,25)/t13-/m1/s1. The van der Waals surface area contributed by atoms with Crippen molar-refractivity contribution >= 4 is 17.9 Å². The number of benzene rings is 2. The van der Waals surface area contributed by atoms with Crippen LogP contribution < -0.4 is 10.6 Å². The number of rotatable bonds is 6. The molecule has 0 unspecified atom stereocenters. The fourth-order valence-electron chi connectivity index (χ4n) is 2.11. The number of hydrogen-bond acceptors (Lipinski definition) is 5. The van der Waals surface area contributed by atoms with E-state index in [0.717, 1.165) is 5.56 Å². The van der Waals surface area contributed by atoms with Crippen LogP contribution in [0.1, 0.15) is 18.1 Å². The molecule has 0 aromatic heterocycles. The first-order chi connectivity index (χ1) is 12.4. The van der Waals surface area contributed by atoms with Crippen molar-refractivity contribution in [2.75, 3.05) is 0 Å². The zero-order valence-corrected chi connectivity index (χ0v) is 14.3. The third kappa shape index (κ3) is 6.27. The van der Waals surface area contributed by atoms with Gasteiger partial charge >= 0.3 is 12.0 Å². The van der Waals surface area contributed by atoms with Crippen LogP contribution in [-0.2, 0) is 27.3 Å². The van der Waals surface area contributed by atoms with E-state index in [9.17, 15) is 19.5 Å². The van der Waals surface area contributed by atoms with Crippen LogP contribution in [0, 0.1) is 0 Å². The van der Waals surface area contributed by atoms with Crippen LogP contribution in [0.3, 0.4) is 0 Å². The number of carbonyl (C=O) groups excluding carboxylic acids is 3. The highest BCUT2D eigenvalue weighted by Gasteiger charge is 2.20. The third-order valence-electron chi connectivity index (χ3n) is 3.49. The molecule has 2 aromatic carbocycles. The zero-order valence-electron chi connectivity index (χ0n) is 14.3. The molecule has 3 N–H and O–H groups in total. The summed E-state index contributed by atoms with van der Waals surface area (Å²) in [5, 5.41) is 13.9. The van der Waals surface area contributed by atoms with E-state index in [1.165, 1.54) is 19.1 Å². The van der Waals surface area contributed by atoms with Crippen LogP contribution in [0.2, 0.25) is 0 Å². The summed E-state index contributed by atoms with van der Waals surface area (Å²) >= 11 is 0. The summed E-state index contributed by atoms with van der Waals surface area (Å²) < 4.78 is 5.02. The van der Waals surface area contributed by atoms with Gasteiger partial charge in [-0.05, 0) is 30.2 Å². The molecule has 7 heteroatoms. The highest BCUT2D eigenvalue weighted by Crippen LogP contribution is 2.10. The largest absolute Gasteiger partial charge is 0.508 e. The minimum Gasteiger partial charge on any atom is -0.508 e. The maximum atomic E-state index is 11.9. The molecule has 0 saturated carbocycles. The van der Waals surface area contributed by atoms with Gasteiger partial charge < -0.3 is 15.2 Å². The predicted molar refractivity (Wildman–Crippen MR) is 94.2 cm³/mol. The molecule has 136 valence electrons. The fraction of sp³-hybridized carbons (Fsp3) is 0.211. The summed E-state index contributed by atoms with van der Waals surface area (Å²) in [6.07, 6.45) is -1.15. The number of ether oxygens (including phenoxy) is 1. The topological polar surface area (TPSA) is 105 Å². The van der Waals surface area contributed by atoms with Crippen LogP contribution in [0.4, 0.5) is 4.79 Å². The molecule has 0 heterocycles. The van der Waals surface area contributed by atoms with Gasteiger partial charge in [0.25, 0.3) is 5.91 Å². The lowest BCUT2D eigenvalue weighted by molar-refractivity contribution is -0.153. The molecule has 3 amide bonds. The van der Waals surface area contributed by atoms with Crippen LogP contribution in [0.15, 0.2) is 54.6 Å². The Balaban J connectivity index is 1.74. The van der Waals surface area contributed by atoms with Gasteiger partial charge in [0.05, 0.1) is 6.42 Å². The Kier molecular flexibility index (Phi) is 6.73. The average Bonchev–Trinajstić information content (AvgIpc) is 2.62. The summed E-state index contributed by atoms with van der Waals surface area (Å²) in [4.78, 5) is 35.5. The molecule has 0 bridgehead atoms. The molecule has 0 aliphatic rings. The number of nitrogens with one attached hydrogen (secondary N) is 2. The van der Waals surface area contributed by atoms with Crippen LogP contribution in [0.5, 0.6) is 5.75 Å². The molecule has 0 radical (unpaired) electrons. The van der Waals surface area contributed by atoms with E-state index in [-0.39, 0.29) is 18.7 Å². The van der Waals surface area contributed by atoms with Crippen molar-refractivity contribution in [1.82, 2.24) is 10.6 Å². The van der Waals surface area contributed by atoms with E-state index in [1.807, 2.05) is 30.3 Å². The van der Waals surface area contributed by atoms with Gasteiger partial charge in [-0.15, -0.1) is 0 Å². The van der Waals surface area contributed by atoms with Crippen molar-refractivity contribution in [2.45, 2.75) is 26.0 Å². The summed E-state index contributed by atoms with van der Waals surface area (Å²) in [6, 6.07) is 14.6. The monoisotopic (exact) mass is 356 g/mol. The summed E-state index contributed by atoms with van der Waals surface area (Å²) in [7, 11) is 0. The Morgan fingerprint density at radius 2 is 1.65 bits per heavy atom. The fourth-order valence-corrected chi connectivity index (χ4v) is 2.11. The highest BCUT2D eigenvalue weighted by atomic mass is 16.5. The second-order valence-electron chi connectivity index (χ2n) is 5.63. The maximum Gasteiger partial charge on any atom is 0.321 e. The van der Waals surface area contributed by atoms with E-state index in [4.69, 9.17) is 4.74 Å². The van der Waals surface area contributed by atoms with Crippen LogP contribution >= 0.6 is 0 Å². The molecular weight excluding hydrogens is 336 g/mol. The average molecular weight is 356 g/mol. The van der Waals surface area contributed by atoms with Gasteiger partial charge in [-0.1, -0.05) is 42.5 Å². The Morgan fingerprint density at radius 3 is 2.31 bits per heavy atom. The highest BCUT2D eigenvalue weighted by molar-refractivity contribution is 5.97. The van der Waals surface area contributed by atoms with Gasteiger partial charge in [0.1, 0.15) is 5.75 Å². The van der Waals surface area contributed by atoms with E-state index in [2.05, 4.69) is 10.6 Å². The second kappa shape index (κ2) is 9.22. The Labute approximate surface area is 151 Å². The lowest BCUT2D eigenvalue weighted by atomic mass is 10.1. The number of imide groups is 1. The quantitative estimate of drug-likeness (QED) is 0.686. The van der Waals surface area contributed by atoms with Crippen molar-refractivity contribution in [3.8, 4) is 5.75 Å². The molecule has 0 fully saturated rings. The minimum atomic E-state index is -1.11. The van der Waals surface area contributed by atoms with E-state index >= 15 is 0 Å². The zero-order chi connectivity index (χ0) is 18.9. The van der Waals surface area contributed by atoms with E-state index in [1.54, 1.807) is 12.1 Å². The number of urea groups is 1. The van der Waals surface area contributed by atoms with Gasteiger partial charge in [-0.2, -0.15) is 0 Å². The smallest absolute Gasteiger partial charge is 0.321 e. The van der Waals surface area contributed by atoms with Crippen LogP contribution in [-0.4, -0.2) is 29.1 Å². The molecule has 0 aliphatic carbocycles. The number of esters is 1. The van der Waals surface area contributed by atoms with Crippen molar-refractivity contribution < 1.29 is 24.2 Å². The number of phenols is 1. The normalized spacial score (nSPS) is 11.3. The van der Waals surface area contributed by atoms with Gasteiger partial charge in [-0.3, -0.25) is 14.9 Å². The molecule has 26 heavy (non-hydrogen) atoms. The molecule has 7 nitrogen and oxygen atoms in total. The van der Waals surface area contributed by atoms with Crippen molar-refractivity contribution in [3.63, 3.8) is 0 Å². The molecule has 2 aromatic rings. The first-order valence-electron chi connectivity index (χ1n) is 8.04. The molecule has 0 aliphatic heterocycles. The Hall–Kier alpha value is -3.35. The Bertz CT molecular complexity index is 759. The number of phenolic OH excluding ortho intramolecular Hbond substituents is 1. The van der Waals surface area contributed by atoms with Gasteiger partial charge in [0.2, 0.25) is 0 Å². The Morgan fingerprint density at radius 1 is 1.00 bits per heavy atom. The van der Waals surface area contributed by atoms with Crippen molar-refractivity contribution in [2.24, 2.45) is 0 Å². The van der Waals surface area contributed by atoms with Gasteiger partial charge in [0, 0.05) is 6.54 Å². The molecule has 2 rings (SSSR count). The molecule has 0 saturated heterocycles. The van der Waals surface area contributed by atoms with Gasteiger partial charge in [0.15, 0.2) is 6.10 Å². The number of aromatic hydroxyl groups is 1. The second-order valence-corrected chi connectivity index (χ2v) is 5.63. The first kappa shape index (κ1) is 19.0. The molecular formula is C19H20N2O5. The van der Waals surface area contributed by atoms with Gasteiger partial charge in [-0.25, -0.2) is 4.79 Å². The lowest BCUT2D eigenvalue weighted by Gasteiger charge is -2.13. The van der Waals surface area contributed by atoms with Crippen molar-refractivity contribution in [3.05, 3.63) is 65.7 Å². The SMILES string of the molecule is C[C@@H](OC(=O)Cc1ccc(O)cc1)C(=O)NC(=O)NCc1ccccc1. The van der Waals surface area contributed by atoms with E-state index in [0.29, 0.717) is 5.56 Å². The number of carbonyl (C=O) groups is 3. The molecule has 1 atom stereocenters.